The highest BCUT2D eigenvalue weighted by molar-refractivity contribution is 4.90. The molecule has 0 aromatic heterocycles. The minimum Gasteiger partial charge on any atom is -0.311 e. The van der Waals surface area contributed by atoms with E-state index in [0.717, 1.165) is 12.0 Å². The molecule has 1 atom stereocenters. The van der Waals surface area contributed by atoms with Gasteiger partial charge in [-0.3, -0.25) is 4.90 Å². The van der Waals surface area contributed by atoms with Crippen LogP contribution >= 0.6 is 0 Å². The van der Waals surface area contributed by atoms with Crippen LogP contribution in [-0.4, -0.2) is 37.1 Å². The molecule has 0 amide bonds. The molecule has 1 aliphatic heterocycles. The second-order valence-electron chi connectivity index (χ2n) is 7.10. The molecular formula is C16H32N2. The normalized spacial score (nSPS) is 29.0. The Morgan fingerprint density at radius 3 is 2.61 bits per heavy atom. The number of piperazine rings is 1. The summed E-state index contributed by atoms with van der Waals surface area (Å²) in [6, 6.07) is 0.733. The van der Waals surface area contributed by atoms with E-state index in [-0.39, 0.29) is 0 Å². The first-order valence-electron chi connectivity index (χ1n) is 8.09. The third-order valence-corrected chi connectivity index (χ3v) is 4.90. The summed E-state index contributed by atoms with van der Waals surface area (Å²) in [5.74, 6) is 0.855. The van der Waals surface area contributed by atoms with Gasteiger partial charge in [0.05, 0.1) is 0 Å². The van der Waals surface area contributed by atoms with Crippen LogP contribution in [-0.2, 0) is 0 Å². The summed E-state index contributed by atoms with van der Waals surface area (Å²) in [7, 11) is 0. The molecule has 1 saturated heterocycles. The van der Waals surface area contributed by atoms with Crippen molar-refractivity contribution >= 4 is 0 Å². The van der Waals surface area contributed by atoms with Gasteiger partial charge >= 0.3 is 0 Å². The van der Waals surface area contributed by atoms with Gasteiger partial charge in [-0.15, -0.1) is 0 Å². The van der Waals surface area contributed by atoms with Gasteiger partial charge in [0, 0.05) is 32.2 Å². The zero-order chi connectivity index (χ0) is 13.0. The summed E-state index contributed by atoms with van der Waals surface area (Å²) >= 11 is 0. The Balaban J connectivity index is 1.92. The average molecular weight is 252 g/mol. The predicted octanol–water partition coefficient (Wildman–Crippen LogP) is 3.28. The van der Waals surface area contributed by atoms with Gasteiger partial charge in [-0.1, -0.05) is 33.6 Å². The van der Waals surface area contributed by atoms with Crippen molar-refractivity contribution in [1.82, 2.24) is 10.2 Å². The van der Waals surface area contributed by atoms with Crippen molar-refractivity contribution in [3.05, 3.63) is 0 Å². The first kappa shape index (κ1) is 14.3. The summed E-state index contributed by atoms with van der Waals surface area (Å²) in [5, 5.41) is 3.64. The number of hydrogen-bond donors (Lipinski definition) is 1. The van der Waals surface area contributed by atoms with Gasteiger partial charge in [-0.05, 0) is 37.0 Å². The van der Waals surface area contributed by atoms with Crippen molar-refractivity contribution < 1.29 is 0 Å². The van der Waals surface area contributed by atoms with Gasteiger partial charge in [0.15, 0.2) is 0 Å². The van der Waals surface area contributed by atoms with Gasteiger partial charge in [-0.2, -0.15) is 0 Å². The Hall–Kier alpha value is -0.0800. The van der Waals surface area contributed by atoms with Gasteiger partial charge in [0.25, 0.3) is 0 Å². The van der Waals surface area contributed by atoms with E-state index >= 15 is 0 Å². The predicted molar refractivity (Wildman–Crippen MR) is 78.9 cm³/mol. The number of nitrogens with zero attached hydrogens (tertiary/aromatic N) is 1. The van der Waals surface area contributed by atoms with Crippen molar-refractivity contribution in [2.75, 3.05) is 26.2 Å². The van der Waals surface area contributed by atoms with E-state index in [9.17, 15) is 0 Å². The fraction of sp³-hybridized carbons (Fsp3) is 1.00. The summed E-state index contributed by atoms with van der Waals surface area (Å²) in [6.45, 7) is 12.2. The zero-order valence-electron chi connectivity index (χ0n) is 12.7. The molecule has 1 saturated carbocycles. The maximum absolute atomic E-state index is 3.64. The molecule has 1 N–H and O–H groups in total. The second kappa shape index (κ2) is 6.38. The molecule has 2 rings (SSSR count). The quantitative estimate of drug-likeness (QED) is 0.808. The molecule has 0 aromatic carbocycles. The van der Waals surface area contributed by atoms with E-state index in [4.69, 9.17) is 0 Å². The van der Waals surface area contributed by atoms with E-state index in [0.29, 0.717) is 5.41 Å². The van der Waals surface area contributed by atoms with Crippen LogP contribution in [0.1, 0.15) is 59.3 Å². The van der Waals surface area contributed by atoms with Crippen LogP contribution < -0.4 is 5.32 Å². The third kappa shape index (κ3) is 3.71. The van der Waals surface area contributed by atoms with Crippen molar-refractivity contribution in [2.45, 2.75) is 65.3 Å². The summed E-state index contributed by atoms with van der Waals surface area (Å²) < 4.78 is 0. The van der Waals surface area contributed by atoms with Gasteiger partial charge in [0.2, 0.25) is 0 Å². The van der Waals surface area contributed by atoms with Crippen LogP contribution in [0.3, 0.4) is 0 Å². The van der Waals surface area contributed by atoms with E-state index in [1.807, 2.05) is 0 Å². The summed E-state index contributed by atoms with van der Waals surface area (Å²) in [5.41, 5.74) is 0.657. The zero-order valence-corrected chi connectivity index (χ0v) is 12.7. The topological polar surface area (TPSA) is 15.3 Å². The van der Waals surface area contributed by atoms with Crippen LogP contribution in [0.5, 0.6) is 0 Å². The fourth-order valence-corrected chi connectivity index (χ4v) is 4.20. The first-order chi connectivity index (χ1) is 8.63. The molecule has 0 spiro atoms. The van der Waals surface area contributed by atoms with Gasteiger partial charge in [0.1, 0.15) is 0 Å². The first-order valence-corrected chi connectivity index (χ1v) is 8.09. The Bertz CT molecular complexity index is 243. The highest BCUT2D eigenvalue weighted by atomic mass is 15.2. The highest BCUT2D eigenvalue weighted by Crippen LogP contribution is 2.43. The third-order valence-electron chi connectivity index (χ3n) is 4.90. The minimum atomic E-state index is 0.657. The maximum atomic E-state index is 3.64. The SMILES string of the molecule is CCC1CN(CC2(CC(C)C)CCCC2)CCN1. The Morgan fingerprint density at radius 2 is 2.00 bits per heavy atom. The van der Waals surface area contributed by atoms with Crippen molar-refractivity contribution in [1.29, 1.82) is 0 Å². The Kier molecular flexibility index (Phi) is 5.08. The lowest BCUT2D eigenvalue weighted by atomic mass is 9.78. The van der Waals surface area contributed by atoms with E-state index < -0.39 is 0 Å². The molecule has 1 unspecified atom stereocenters. The monoisotopic (exact) mass is 252 g/mol. The van der Waals surface area contributed by atoms with Crippen molar-refractivity contribution in [3.63, 3.8) is 0 Å². The molecule has 1 aliphatic carbocycles. The molecule has 18 heavy (non-hydrogen) atoms. The van der Waals surface area contributed by atoms with Crippen LogP contribution in [0.15, 0.2) is 0 Å². The number of nitrogens with one attached hydrogen (secondary N) is 1. The number of rotatable bonds is 5. The molecule has 0 radical (unpaired) electrons. The van der Waals surface area contributed by atoms with Crippen molar-refractivity contribution in [3.8, 4) is 0 Å². The lowest BCUT2D eigenvalue weighted by molar-refractivity contribution is 0.101. The molecule has 0 aromatic rings. The molecule has 2 nitrogen and oxygen atoms in total. The molecule has 106 valence electrons. The highest BCUT2D eigenvalue weighted by Gasteiger charge is 2.36. The van der Waals surface area contributed by atoms with Gasteiger partial charge < -0.3 is 5.32 Å². The Labute approximate surface area is 114 Å². The van der Waals surface area contributed by atoms with Gasteiger partial charge in [-0.25, -0.2) is 0 Å². The maximum Gasteiger partial charge on any atom is 0.0192 e. The molecule has 2 fully saturated rings. The minimum absolute atomic E-state index is 0.657. The van der Waals surface area contributed by atoms with Crippen LogP contribution in [0, 0.1) is 11.3 Å². The van der Waals surface area contributed by atoms with E-state index in [1.165, 1.54) is 64.7 Å². The van der Waals surface area contributed by atoms with E-state index in [1.54, 1.807) is 0 Å². The molecule has 2 heteroatoms. The Morgan fingerprint density at radius 1 is 1.28 bits per heavy atom. The van der Waals surface area contributed by atoms with Crippen LogP contribution in [0.25, 0.3) is 0 Å². The second-order valence-corrected chi connectivity index (χ2v) is 7.10. The average Bonchev–Trinajstić information content (AvgIpc) is 2.76. The summed E-state index contributed by atoms with van der Waals surface area (Å²) in [6.07, 6.45) is 8.60. The van der Waals surface area contributed by atoms with Crippen LogP contribution in [0.4, 0.5) is 0 Å². The molecule has 2 aliphatic rings. The van der Waals surface area contributed by atoms with Crippen LogP contribution in [0.2, 0.25) is 0 Å². The summed E-state index contributed by atoms with van der Waals surface area (Å²) in [4.78, 5) is 2.75. The molecule has 1 heterocycles. The van der Waals surface area contributed by atoms with E-state index in [2.05, 4.69) is 31.0 Å². The largest absolute Gasteiger partial charge is 0.311 e. The molecule has 0 bridgehead atoms. The fourth-order valence-electron chi connectivity index (χ4n) is 4.20. The standard InChI is InChI=1S/C16H32N2/c1-4-15-12-18(10-9-17-15)13-16(11-14(2)3)7-5-6-8-16/h14-15,17H,4-13H2,1-3H3. The smallest absolute Gasteiger partial charge is 0.0192 e. The lowest BCUT2D eigenvalue weighted by Crippen LogP contribution is -2.53. The lowest BCUT2D eigenvalue weighted by Gasteiger charge is -2.40. The number of hydrogen-bond acceptors (Lipinski definition) is 2. The van der Waals surface area contributed by atoms with Crippen molar-refractivity contribution in [2.24, 2.45) is 11.3 Å². The molecular weight excluding hydrogens is 220 g/mol.